The van der Waals surface area contributed by atoms with Gasteiger partial charge in [-0.1, -0.05) is 30.3 Å². The molecule has 2 aromatic carbocycles. The molecular formula is C15H12O5S. The van der Waals surface area contributed by atoms with Crippen molar-refractivity contribution in [1.29, 1.82) is 0 Å². The summed E-state index contributed by atoms with van der Waals surface area (Å²) < 4.78 is 12.5. The van der Waals surface area contributed by atoms with Crippen molar-refractivity contribution in [2.75, 3.05) is 0 Å². The SMILES string of the molecule is O=C(O)c1ccc([S@@](=O)[C@@H](C(=O)O)c2ccccc2)cc1. The van der Waals surface area contributed by atoms with Crippen LogP contribution in [0, 0.1) is 0 Å². The second kappa shape index (κ2) is 6.32. The second-order valence-corrected chi connectivity index (χ2v) is 5.79. The van der Waals surface area contributed by atoms with Gasteiger partial charge in [0.05, 0.1) is 16.4 Å². The largest absolute Gasteiger partial charge is 0.480 e. The summed E-state index contributed by atoms with van der Waals surface area (Å²) in [5.74, 6) is -2.29. The Labute approximate surface area is 123 Å². The van der Waals surface area contributed by atoms with Gasteiger partial charge in [0.15, 0.2) is 5.25 Å². The molecule has 0 fully saturated rings. The van der Waals surface area contributed by atoms with Gasteiger partial charge in [0, 0.05) is 4.90 Å². The third kappa shape index (κ3) is 3.35. The fourth-order valence-corrected chi connectivity index (χ4v) is 3.12. The van der Waals surface area contributed by atoms with Gasteiger partial charge < -0.3 is 10.2 Å². The number of hydrogen-bond donors (Lipinski definition) is 2. The minimum atomic E-state index is -1.82. The molecule has 2 aromatic rings. The Bertz CT molecular complexity index is 679. The molecule has 0 aliphatic carbocycles. The number of carboxylic acids is 2. The number of carboxylic acid groups (broad SMARTS) is 2. The molecule has 0 spiro atoms. The van der Waals surface area contributed by atoms with Gasteiger partial charge in [0.2, 0.25) is 0 Å². The molecule has 0 bridgehead atoms. The van der Waals surface area contributed by atoms with Crippen LogP contribution in [-0.4, -0.2) is 26.4 Å². The minimum absolute atomic E-state index is 0.0577. The number of benzene rings is 2. The number of aromatic carboxylic acids is 1. The molecule has 5 nitrogen and oxygen atoms in total. The van der Waals surface area contributed by atoms with Crippen molar-refractivity contribution in [2.24, 2.45) is 0 Å². The normalized spacial score (nSPS) is 13.3. The second-order valence-electron chi connectivity index (χ2n) is 4.26. The van der Waals surface area contributed by atoms with Gasteiger partial charge in [0.1, 0.15) is 0 Å². The van der Waals surface area contributed by atoms with Crippen molar-refractivity contribution in [3.63, 3.8) is 0 Å². The molecule has 0 saturated heterocycles. The molecular weight excluding hydrogens is 292 g/mol. The van der Waals surface area contributed by atoms with Crippen molar-refractivity contribution in [1.82, 2.24) is 0 Å². The van der Waals surface area contributed by atoms with Crippen LogP contribution in [0.5, 0.6) is 0 Å². The van der Waals surface area contributed by atoms with Crippen LogP contribution in [-0.2, 0) is 15.6 Å². The van der Waals surface area contributed by atoms with Gasteiger partial charge >= 0.3 is 11.9 Å². The summed E-state index contributed by atoms with van der Waals surface area (Å²) in [5, 5.41) is 16.9. The van der Waals surface area contributed by atoms with Crippen LogP contribution in [0.15, 0.2) is 59.5 Å². The van der Waals surface area contributed by atoms with E-state index in [-0.39, 0.29) is 10.5 Å². The molecule has 2 rings (SSSR count). The zero-order valence-corrected chi connectivity index (χ0v) is 11.6. The molecule has 0 aromatic heterocycles. The molecule has 6 heteroatoms. The molecule has 0 aliphatic rings. The fourth-order valence-electron chi connectivity index (χ4n) is 1.85. The van der Waals surface area contributed by atoms with Crippen molar-refractivity contribution in [3.05, 3.63) is 65.7 Å². The third-order valence-electron chi connectivity index (χ3n) is 2.87. The Morgan fingerprint density at radius 3 is 1.95 bits per heavy atom. The highest BCUT2D eigenvalue weighted by Crippen LogP contribution is 2.25. The maximum Gasteiger partial charge on any atom is 0.335 e. The van der Waals surface area contributed by atoms with Crippen LogP contribution in [0.3, 0.4) is 0 Å². The first kappa shape index (κ1) is 14.9. The smallest absolute Gasteiger partial charge is 0.335 e. The molecule has 0 saturated carbocycles. The Morgan fingerprint density at radius 2 is 1.48 bits per heavy atom. The topological polar surface area (TPSA) is 91.7 Å². The van der Waals surface area contributed by atoms with Crippen molar-refractivity contribution in [3.8, 4) is 0 Å². The molecule has 2 N–H and O–H groups in total. The lowest BCUT2D eigenvalue weighted by Crippen LogP contribution is -2.17. The number of aliphatic carboxylic acids is 1. The van der Waals surface area contributed by atoms with Crippen LogP contribution >= 0.6 is 0 Å². The maximum absolute atomic E-state index is 12.5. The monoisotopic (exact) mass is 304 g/mol. The van der Waals surface area contributed by atoms with Crippen molar-refractivity contribution < 1.29 is 24.0 Å². The number of rotatable bonds is 5. The quantitative estimate of drug-likeness (QED) is 0.884. The van der Waals surface area contributed by atoms with E-state index in [1.54, 1.807) is 30.3 Å². The average molecular weight is 304 g/mol. The highest BCUT2D eigenvalue weighted by atomic mass is 32.2. The molecule has 108 valence electrons. The zero-order chi connectivity index (χ0) is 15.4. The van der Waals surface area contributed by atoms with Crippen LogP contribution in [0.4, 0.5) is 0 Å². The maximum atomic E-state index is 12.5. The van der Waals surface area contributed by atoms with E-state index < -0.39 is 28.0 Å². The van der Waals surface area contributed by atoms with Gasteiger partial charge in [-0.25, -0.2) is 4.79 Å². The van der Waals surface area contributed by atoms with Gasteiger partial charge in [-0.2, -0.15) is 0 Å². The first-order valence-electron chi connectivity index (χ1n) is 6.02. The lowest BCUT2D eigenvalue weighted by atomic mass is 10.1. The van der Waals surface area contributed by atoms with Crippen LogP contribution in [0.25, 0.3) is 0 Å². The fraction of sp³-hybridized carbons (Fsp3) is 0.0667. The van der Waals surface area contributed by atoms with E-state index in [0.717, 1.165) is 0 Å². The number of hydrogen-bond acceptors (Lipinski definition) is 3. The Hall–Kier alpha value is -2.47. The van der Waals surface area contributed by atoms with E-state index in [4.69, 9.17) is 5.11 Å². The molecule has 0 aliphatic heterocycles. The van der Waals surface area contributed by atoms with Crippen molar-refractivity contribution in [2.45, 2.75) is 10.1 Å². The Morgan fingerprint density at radius 1 is 0.905 bits per heavy atom. The molecule has 2 atom stereocenters. The van der Waals surface area contributed by atoms with Gasteiger partial charge in [-0.3, -0.25) is 9.00 Å². The van der Waals surface area contributed by atoms with Crippen LogP contribution < -0.4 is 0 Å². The molecule has 0 radical (unpaired) electrons. The van der Waals surface area contributed by atoms with Crippen LogP contribution in [0.2, 0.25) is 0 Å². The molecule has 0 unspecified atom stereocenters. The van der Waals surface area contributed by atoms with Crippen molar-refractivity contribution >= 4 is 22.7 Å². The lowest BCUT2D eigenvalue weighted by molar-refractivity contribution is -0.136. The van der Waals surface area contributed by atoms with E-state index in [9.17, 15) is 18.9 Å². The number of carbonyl (C=O) groups is 2. The van der Waals surface area contributed by atoms with Gasteiger partial charge in [0.25, 0.3) is 0 Å². The summed E-state index contributed by atoms with van der Waals surface area (Å²) in [4.78, 5) is 22.5. The summed E-state index contributed by atoms with van der Waals surface area (Å²) in [7, 11) is -1.82. The minimum Gasteiger partial charge on any atom is -0.480 e. The van der Waals surface area contributed by atoms with E-state index in [2.05, 4.69) is 0 Å². The van der Waals surface area contributed by atoms with E-state index >= 15 is 0 Å². The molecule has 21 heavy (non-hydrogen) atoms. The predicted octanol–water partition coefficient (Wildman–Crippen LogP) is 2.32. The van der Waals surface area contributed by atoms with E-state index in [1.165, 1.54) is 24.3 Å². The van der Waals surface area contributed by atoms with Crippen LogP contribution in [0.1, 0.15) is 21.2 Å². The summed E-state index contributed by atoms with van der Waals surface area (Å²) in [6, 6.07) is 13.7. The standard InChI is InChI=1S/C15H12O5S/c16-14(17)11-6-8-12(9-7-11)21(20)13(15(18)19)10-4-2-1-3-5-10/h1-9,13H,(H,16,17)(H,18,19)/t13-,21-/m1/s1. The summed E-state index contributed by atoms with van der Waals surface area (Å²) in [6.07, 6.45) is 0. The lowest BCUT2D eigenvalue weighted by Gasteiger charge is -2.12. The van der Waals surface area contributed by atoms with Gasteiger partial charge in [-0.05, 0) is 29.8 Å². The zero-order valence-electron chi connectivity index (χ0n) is 10.8. The highest BCUT2D eigenvalue weighted by molar-refractivity contribution is 7.86. The summed E-state index contributed by atoms with van der Waals surface area (Å²) in [6.45, 7) is 0. The third-order valence-corrected chi connectivity index (χ3v) is 4.51. The van der Waals surface area contributed by atoms with E-state index in [1.807, 2.05) is 0 Å². The molecule has 0 heterocycles. The summed E-state index contributed by atoms with van der Waals surface area (Å²) in [5.41, 5.74) is 0.494. The first-order chi connectivity index (χ1) is 10.0. The highest BCUT2D eigenvalue weighted by Gasteiger charge is 2.27. The Balaban J connectivity index is 2.35. The first-order valence-corrected chi connectivity index (χ1v) is 7.23. The van der Waals surface area contributed by atoms with Gasteiger partial charge in [-0.15, -0.1) is 0 Å². The van der Waals surface area contributed by atoms with E-state index in [0.29, 0.717) is 5.56 Å². The average Bonchev–Trinajstić information content (AvgIpc) is 2.48. The Kier molecular flexibility index (Phi) is 4.49. The predicted molar refractivity (Wildman–Crippen MR) is 76.6 cm³/mol. The molecule has 0 amide bonds. The summed E-state index contributed by atoms with van der Waals surface area (Å²) >= 11 is 0.